The zero-order valence-electron chi connectivity index (χ0n) is 26.8. The van der Waals surface area contributed by atoms with E-state index in [4.69, 9.17) is 4.74 Å². The number of fused-ring (bicyclic) bond motifs is 10. The number of thioether (sulfide) groups is 1. The van der Waals surface area contributed by atoms with Crippen LogP contribution in [-0.2, 0) is 19.2 Å². The number of aliphatic carboxylic acids is 1. The Morgan fingerprint density at radius 1 is 0.980 bits per heavy atom. The Bertz CT molecular complexity index is 2070. The van der Waals surface area contributed by atoms with Gasteiger partial charge >= 0.3 is 10.8 Å². The van der Waals surface area contributed by atoms with Gasteiger partial charge in [0.1, 0.15) is 11.8 Å². The largest absolute Gasteiger partial charge is 0.484 e. The summed E-state index contributed by atoms with van der Waals surface area (Å²) < 4.78 is 5.98. The SMILES string of the molecule is CC(C)CC(C(=O)O)N1C(=O)C2C3CC(C2C1=O)C1C3Sc2[nH]c(=O)sc2[C@@H]1c1cccc(OCC(=O)Nc2ccc3ccccc3c2)c1. The summed E-state index contributed by atoms with van der Waals surface area (Å²) in [5, 5.41) is 15.8. The molecular weight excluding hydrogens is 663 g/mol. The molecule has 2 aliphatic heterocycles. The molecule has 2 bridgehead atoms. The molecule has 2 aliphatic carbocycles. The Morgan fingerprint density at radius 3 is 2.49 bits per heavy atom. The van der Waals surface area contributed by atoms with Crippen molar-refractivity contribution in [1.29, 1.82) is 0 Å². The molecular formula is C37H35N3O7S2. The third-order valence-corrected chi connectivity index (χ3v) is 13.3. The summed E-state index contributed by atoms with van der Waals surface area (Å²) in [4.78, 5) is 70.5. The number of anilines is 1. The molecule has 10 nitrogen and oxygen atoms in total. The fourth-order valence-electron chi connectivity index (χ4n) is 8.89. The zero-order valence-corrected chi connectivity index (χ0v) is 28.5. The molecule has 3 amide bonds. The Kier molecular flexibility index (Phi) is 7.90. The van der Waals surface area contributed by atoms with Crippen LogP contribution in [0.5, 0.6) is 5.75 Å². The van der Waals surface area contributed by atoms with Crippen LogP contribution in [0.25, 0.3) is 10.8 Å². The fourth-order valence-corrected chi connectivity index (χ4v) is 11.8. The second-order valence-electron chi connectivity index (χ2n) is 14.0. The predicted molar refractivity (Wildman–Crippen MR) is 186 cm³/mol. The van der Waals surface area contributed by atoms with E-state index >= 15 is 0 Å². The van der Waals surface area contributed by atoms with E-state index in [0.29, 0.717) is 17.9 Å². The molecule has 49 heavy (non-hydrogen) atoms. The average molecular weight is 698 g/mol. The number of H-pyrrole nitrogens is 1. The number of aromatic nitrogens is 1. The Hall–Kier alpha value is -4.42. The van der Waals surface area contributed by atoms with Crippen molar-refractivity contribution in [3.8, 4) is 5.75 Å². The van der Waals surface area contributed by atoms with E-state index in [1.54, 1.807) is 17.8 Å². The van der Waals surface area contributed by atoms with Crippen LogP contribution in [0.2, 0.25) is 0 Å². The Labute approximate surface area is 290 Å². The molecule has 8 rings (SSSR count). The highest BCUT2D eigenvalue weighted by molar-refractivity contribution is 8.00. The van der Waals surface area contributed by atoms with Crippen molar-refractivity contribution in [3.63, 3.8) is 0 Å². The van der Waals surface area contributed by atoms with Gasteiger partial charge in [0.2, 0.25) is 11.8 Å². The summed E-state index contributed by atoms with van der Waals surface area (Å²) in [5.41, 5.74) is 1.58. The van der Waals surface area contributed by atoms with Gasteiger partial charge in [-0.25, -0.2) is 4.79 Å². The lowest BCUT2D eigenvalue weighted by Crippen LogP contribution is -2.47. The molecule has 1 saturated heterocycles. The molecule has 12 heteroatoms. The third-order valence-electron chi connectivity index (χ3n) is 10.7. The van der Waals surface area contributed by atoms with Crippen molar-refractivity contribution in [2.24, 2.45) is 35.5 Å². The van der Waals surface area contributed by atoms with Gasteiger partial charge in [0.25, 0.3) is 5.91 Å². The summed E-state index contributed by atoms with van der Waals surface area (Å²) in [6.45, 7) is 3.57. The lowest BCUT2D eigenvalue weighted by atomic mass is 9.68. The number of aromatic amines is 1. The minimum Gasteiger partial charge on any atom is -0.484 e. The molecule has 1 aromatic heterocycles. The van der Waals surface area contributed by atoms with Crippen molar-refractivity contribution in [3.05, 3.63) is 86.8 Å². The molecule has 3 fully saturated rings. The first-order chi connectivity index (χ1) is 23.6. The van der Waals surface area contributed by atoms with Crippen LogP contribution in [0.1, 0.15) is 43.0 Å². The topological polar surface area (TPSA) is 146 Å². The van der Waals surface area contributed by atoms with Crippen molar-refractivity contribution >= 4 is 63.2 Å². The summed E-state index contributed by atoms with van der Waals surface area (Å²) in [6, 6.07) is 20.0. The van der Waals surface area contributed by atoms with Crippen LogP contribution in [0.15, 0.2) is 76.6 Å². The molecule has 0 spiro atoms. The van der Waals surface area contributed by atoms with E-state index in [1.165, 1.54) is 0 Å². The van der Waals surface area contributed by atoms with Crippen molar-refractivity contribution < 1.29 is 29.0 Å². The normalized spacial score (nSPS) is 27.2. The number of nitrogens with zero attached hydrogens (tertiary/aromatic N) is 1. The number of carbonyl (C=O) groups is 4. The van der Waals surface area contributed by atoms with Gasteiger partial charge < -0.3 is 20.1 Å². The second kappa shape index (κ2) is 12.2. The van der Waals surface area contributed by atoms with Crippen LogP contribution in [0.4, 0.5) is 5.69 Å². The van der Waals surface area contributed by atoms with Gasteiger partial charge in [0.05, 0.1) is 16.9 Å². The number of carboxylic acid groups (broad SMARTS) is 1. The number of benzene rings is 3. The summed E-state index contributed by atoms with van der Waals surface area (Å²) in [5.74, 6) is -3.38. The number of thiazole rings is 1. The van der Waals surface area contributed by atoms with Gasteiger partial charge in [-0.05, 0) is 77.1 Å². The summed E-state index contributed by atoms with van der Waals surface area (Å²) in [6.07, 6.45) is 0.906. The molecule has 252 valence electrons. The van der Waals surface area contributed by atoms with Gasteiger partial charge in [-0.15, -0.1) is 11.8 Å². The highest BCUT2D eigenvalue weighted by Crippen LogP contribution is 2.68. The first kappa shape index (κ1) is 31.8. The van der Waals surface area contributed by atoms with E-state index in [0.717, 1.165) is 42.5 Å². The number of hydrogen-bond donors (Lipinski definition) is 3. The van der Waals surface area contributed by atoms with Gasteiger partial charge in [0.15, 0.2) is 6.61 Å². The summed E-state index contributed by atoms with van der Waals surface area (Å²) >= 11 is 2.74. The first-order valence-electron chi connectivity index (χ1n) is 16.6. The number of hydrogen-bond acceptors (Lipinski definition) is 8. The summed E-state index contributed by atoms with van der Waals surface area (Å²) in [7, 11) is 0. The maximum Gasteiger partial charge on any atom is 0.326 e. The van der Waals surface area contributed by atoms with Gasteiger partial charge in [-0.3, -0.25) is 24.1 Å². The number of nitrogens with one attached hydrogen (secondary N) is 2. The van der Waals surface area contributed by atoms with Crippen LogP contribution in [0, 0.1) is 35.5 Å². The molecule has 8 atom stereocenters. The number of ether oxygens (including phenoxy) is 1. The second-order valence-corrected chi connectivity index (χ2v) is 16.2. The molecule has 4 aliphatic rings. The Balaban J connectivity index is 1.06. The van der Waals surface area contributed by atoms with Crippen molar-refractivity contribution in [2.45, 2.75) is 48.9 Å². The van der Waals surface area contributed by atoms with Crippen LogP contribution < -0.4 is 14.9 Å². The minimum absolute atomic E-state index is 0.00607. The number of amides is 3. The van der Waals surface area contributed by atoms with E-state index < -0.39 is 23.8 Å². The van der Waals surface area contributed by atoms with Gasteiger partial charge in [0, 0.05) is 21.7 Å². The molecule has 3 N–H and O–H groups in total. The first-order valence-corrected chi connectivity index (χ1v) is 18.3. The molecule has 3 aromatic carbocycles. The van der Waals surface area contributed by atoms with Crippen molar-refractivity contribution in [2.75, 3.05) is 11.9 Å². The lowest BCUT2D eigenvalue weighted by Gasteiger charge is -2.43. The molecule has 3 heterocycles. The minimum atomic E-state index is -1.18. The zero-order chi connectivity index (χ0) is 34.1. The number of carbonyl (C=O) groups excluding carboxylic acids is 3. The van der Waals surface area contributed by atoms with Crippen LogP contribution in [-0.4, -0.2) is 56.6 Å². The number of imide groups is 1. The third kappa shape index (κ3) is 5.36. The van der Waals surface area contributed by atoms with Crippen LogP contribution >= 0.6 is 23.1 Å². The smallest absolute Gasteiger partial charge is 0.326 e. The fraction of sp³-hybridized carbons (Fsp3) is 0.378. The highest BCUT2D eigenvalue weighted by Gasteiger charge is 2.70. The maximum absolute atomic E-state index is 14.0. The van der Waals surface area contributed by atoms with Crippen molar-refractivity contribution in [1.82, 2.24) is 9.88 Å². The number of likely N-dealkylation sites (tertiary alicyclic amines) is 1. The molecule has 2 saturated carbocycles. The number of carboxylic acids is 1. The Morgan fingerprint density at radius 2 is 1.73 bits per heavy atom. The lowest BCUT2D eigenvalue weighted by molar-refractivity contribution is -0.156. The number of rotatable bonds is 9. The van der Waals surface area contributed by atoms with E-state index in [9.17, 15) is 29.1 Å². The van der Waals surface area contributed by atoms with E-state index in [2.05, 4.69) is 10.3 Å². The van der Waals surface area contributed by atoms with Gasteiger partial charge in [-0.2, -0.15) is 0 Å². The van der Waals surface area contributed by atoms with E-state index in [1.807, 2.05) is 74.5 Å². The highest BCUT2D eigenvalue weighted by atomic mass is 32.2. The monoisotopic (exact) mass is 697 g/mol. The van der Waals surface area contributed by atoms with E-state index in [-0.39, 0.29) is 70.5 Å². The standard InChI is InChI=1S/C37H35N3O7S2/c1-17(2)12-25(36(44)45)40-34(42)29-23-15-24(30(29)35(40)43)31-28(23)27(32-33(48-31)39-37(46)49-32)20-8-5-9-22(14-20)47-16-26(41)38-21-11-10-18-6-3-4-7-19(18)13-21/h3-11,13-14,17,23-25,27-31H,12,15-16H2,1-2H3,(H,38,41)(H,39,46)(H,44,45)/t23?,24?,25?,27-,28?,29?,30?,31?/m1/s1. The maximum atomic E-state index is 14.0. The average Bonchev–Trinajstić information content (AvgIpc) is 3.81. The molecule has 4 aromatic rings. The predicted octanol–water partition coefficient (Wildman–Crippen LogP) is 5.58. The molecule has 0 radical (unpaired) electrons. The molecule has 7 unspecified atom stereocenters. The quantitative estimate of drug-likeness (QED) is 0.192. The van der Waals surface area contributed by atoms with Crippen LogP contribution in [0.3, 0.4) is 0 Å². The van der Waals surface area contributed by atoms with Gasteiger partial charge in [-0.1, -0.05) is 67.6 Å².